The molecule has 142 valence electrons. The predicted octanol–water partition coefficient (Wildman–Crippen LogP) is 5.39. The first-order valence-electron chi connectivity index (χ1n) is 8.31. The molecule has 2 aromatic heterocycles. The number of hydrogen-bond donors (Lipinski definition) is 1. The molecule has 0 unspecified atom stereocenters. The van der Waals surface area contributed by atoms with E-state index in [1.165, 1.54) is 23.5 Å². The summed E-state index contributed by atoms with van der Waals surface area (Å²) in [5, 5.41) is 5.00. The fourth-order valence-electron chi connectivity index (χ4n) is 2.61. The Balaban J connectivity index is 1.86. The smallest absolute Gasteiger partial charge is 0.339 e. The third-order valence-electron chi connectivity index (χ3n) is 4.10. The van der Waals surface area contributed by atoms with Crippen LogP contribution in [-0.2, 0) is 12.7 Å². The molecular weight excluding hydrogens is 375 g/mol. The SMILES string of the molecule is CC(C)c1cc(C(=O)Nc2nccs2)n(Cc2ccc(C(F)(F)F)cc2)c1. The molecule has 0 aliphatic rings. The van der Waals surface area contributed by atoms with Gasteiger partial charge in [-0.2, -0.15) is 13.2 Å². The summed E-state index contributed by atoms with van der Waals surface area (Å²) in [6, 6.07) is 6.77. The third kappa shape index (κ3) is 4.57. The second kappa shape index (κ2) is 7.56. The highest BCUT2D eigenvalue weighted by molar-refractivity contribution is 7.13. The molecule has 0 bridgehead atoms. The van der Waals surface area contributed by atoms with Crippen LogP contribution in [0, 0.1) is 0 Å². The number of halogens is 3. The van der Waals surface area contributed by atoms with Gasteiger partial charge in [-0.1, -0.05) is 26.0 Å². The Morgan fingerprint density at radius 1 is 1.26 bits per heavy atom. The Morgan fingerprint density at radius 3 is 2.52 bits per heavy atom. The first-order chi connectivity index (χ1) is 12.7. The second-order valence-electron chi connectivity index (χ2n) is 6.43. The topological polar surface area (TPSA) is 46.9 Å². The van der Waals surface area contributed by atoms with Crippen molar-refractivity contribution in [2.45, 2.75) is 32.5 Å². The third-order valence-corrected chi connectivity index (χ3v) is 4.79. The zero-order valence-electron chi connectivity index (χ0n) is 14.7. The zero-order valence-corrected chi connectivity index (χ0v) is 15.6. The van der Waals surface area contributed by atoms with Crippen molar-refractivity contribution in [3.63, 3.8) is 0 Å². The fourth-order valence-corrected chi connectivity index (χ4v) is 3.14. The summed E-state index contributed by atoms with van der Waals surface area (Å²) in [5.41, 5.74) is 1.40. The number of hydrogen-bond acceptors (Lipinski definition) is 3. The standard InChI is InChI=1S/C19H18F3N3OS/c1-12(2)14-9-16(17(26)24-18-23-7-8-27-18)25(11-14)10-13-3-5-15(6-4-13)19(20,21)22/h3-9,11-12H,10H2,1-2H3,(H,23,24,26). The average molecular weight is 393 g/mol. The predicted molar refractivity (Wildman–Crippen MR) is 99.1 cm³/mol. The molecule has 0 saturated heterocycles. The van der Waals surface area contributed by atoms with Crippen LogP contribution in [0.3, 0.4) is 0 Å². The minimum Gasteiger partial charge on any atom is -0.339 e. The van der Waals surface area contributed by atoms with E-state index in [-0.39, 0.29) is 11.8 Å². The highest BCUT2D eigenvalue weighted by atomic mass is 32.1. The first kappa shape index (κ1) is 19.2. The van der Waals surface area contributed by atoms with E-state index in [2.05, 4.69) is 10.3 Å². The highest BCUT2D eigenvalue weighted by Crippen LogP contribution is 2.29. The van der Waals surface area contributed by atoms with Gasteiger partial charge in [-0.3, -0.25) is 10.1 Å². The van der Waals surface area contributed by atoms with Gasteiger partial charge in [0.05, 0.1) is 5.56 Å². The number of rotatable bonds is 5. The lowest BCUT2D eigenvalue weighted by Crippen LogP contribution is -2.17. The number of nitrogens with zero attached hydrogens (tertiary/aromatic N) is 2. The van der Waals surface area contributed by atoms with Crippen LogP contribution in [0.4, 0.5) is 18.3 Å². The molecule has 8 heteroatoms. The molecule has 3 aromatic rings. The Hall–Kier alpha value is -2.61. The lowest BCUT2D eigenvalue weighted by molar-refractivity contribution is -0.137. The van der Waals surface area contributed by atoms with Gasteiger partial charge in [0, 0.05) is 24.3 Å². The summed E-state index contributed by atoms with van der Waals surface area (Å²) in [6.07, 6.45) is -0.907. The van der Waals surface area contributed by atoms with Gasteiger partial charge in [0.2, 0.25) is 0 Å². The number of amides is 1. The molecule has 0 atom stereocenters. The maximum absolute atomic E-state index is 12.7. The van der Waals surface area contributed by atoms with E-state index in [0.29, 0.717) is 22.9 Å². The summed E-state index contributed by atoms with van der Waals surface area (Å²) in [5.74, 6) is -0.0889. The van der Waals surface area contributed by atoms with Crippen LogP contribution >= 0.6 is 11.3 Å². The number of aromatic nitrogens is 2. The molecule has 4 nitrogen and oxygen atoms in total. The van der Waals surface area contributed by atoms with Gasteiger partial charge in [-0.25, -0.2) is 4.98 Å². The monoisotopic (exact) mass is 393 g/mol. The molecule has 3 rings (SSSR count). The Kier molecular flexibility index (Phi) is 5.36. The van der Waals surface area contributed by atoms with E-state index < -0.39 is 11.7 Å². The molecule has 1 N–H and O–H groups in total. The fraction of sp³-hybridized carbons (Fsp3) is 0.263. The van der Waals surface area contributed by atoms with Gasteiger partial charge < -0.3 is 4.57 Å². The van der Waals surface area contributed by atoms with Crippen molar-refractivity contribution < 1.29 is 18.0 Å². The van der Waals surface area contributed by atoms with Crippen molar-refractivity contribution in [3.8, 4) is 0 Å². The minimum atomic E-state index is -4.37. The van der Waals surface area contributed by atoms with Crippen LogP contribution in [0.2, 0.25) is 0 Å². The van der Waals surface area contributed by atoms with Gasteiger partial charge in [-0.05, 0) is 35.2 Å². The molecule has 1 amide bonds. The molecule has 0 aliphatic heterocycles. The summed E-state index contributed by atoms with van der Waals surface area (Å²) in [7, 11) is 0. The van der Waals surface area contributed by atoms with Crippen molar-refractivity contribution in [1.29, 1.82) is 0 Å². The lowest BCUT2D eigenvalue weighted by Gasteiger charge is -2.11. The molecule has 0 fully saturated rings. The maximum Gasteiger partial charge on any atom is 0.416 e. The Bertz CT molecular complexity index is 913. The van der Waals surface area contributed by atoms with Gasteiger partial charge in [0.1, 0.15) is 5.69 Å². The summed E-state index contributed by atoms with van der Waals surface area (Å²) < 4.78 is 39.9. The average Bonchev–Trinajstić information content (AvgIpc) is 3.24. The van der Waals surface area contributed by atoms with Crippen LogP contribution in [0.15, 0.2) is 48.1 Å². The Labute approximate surface area is 158 Å². The molecule has 0 spiro atoms. The molecule has 1 aromatic carbocycles. The first-order valence-corrected chi connectivity index (χ1v) is 9.19. The van der Waals surface area contributed by atoms with Crippen LogP contribution in [0.1, 0.15) is 46.9 Å². The summed E-state index contributed by atoms with van der Waals surface area (Å²) in [6.45, 7) is 4.33. The largest absolute Gasteiger partial charge is 0.416 e. The molecule has 0 aliphatic carbocycles. The minimum absolute atomic E-state index is 0.213. The normalized spacial score (nSPS) is 11.8. The number of carbonyl (C=O) groups excluding carboxylic acids is 1. The quantitative estimate of drug-likeness (QED) is 0.632. The molecule has 0 saturated carbocycles. The van der Waals surface area contributed by atoms with Crippen molar-refractivity contribution in [1.82, 2.24) is 9.55 Å². The molecule has 27 heavy (non-hydrogen) atoms. The van der Waals surface area contributed by atoms with Gasteiger partial charge in [-0.15, -0.1) is 11.3 Å². The van der Waals surface area contributed by atoms with Crippen LogP contribution in [0.5, 0.6) is 0 Å². The molecule has 0 radical (unpaired) electrons. The van der Waals surface area contributed by atoms with E-state index >= 15 is 0 Å². The van der Waals surface area contributed by atoms with E-state index in [1.54, 1.807) is 22.2 Å². The number of nitrogens with one attached hydrogen (secondary N) is 1. The van der Waals surface area contributed by atoms with Gasteiger partial charge in [0.15, 0.2) is 5.13 Å². The van der Waals surface area contributed by atoms with Crippen LogP contribution in [0.25, 0.3) is 0 Å². The second-order valence-corrected chi connectivity index (χ2v) is 7.32. The zero-order chi connectivity index (χ0) is 19.6. The van der Waals surface area contributed by atoms with Crippen molar-refractivity contribution in [2.24, 2.45) is 0 Å². The molecular formula is C19H18F3N3OS. The highest BCUT2D eigenvalue weighted by Gasteiger charge is 2.30. The number of alkyl halides is 3. The number of thiazole rings is 1. The van der Waals surface area contributed by atoms with Gasteiger partial charge >= 0.3 is 6.18 Å². The van der Waals surface area contributed by atoms with E-state index in [9.17, 15) is 18.0 Å². The number of anilines is 1. The summed E-state index contributed by atoms with van der Waals surface area (Å²) in [4.78, 5) is 16.7. The number of benzene rings is 1. The molecule has 2 heterocycles. The summed E-state index contributed by atoms with van der Waals surface area (Å²) >= 11 is 1.31. The lowest BCUT2D eigenvalue weighted by atomic mass is 10.1. The van der Waals surface area contributed by atoms with Crippen molar-refractivity contribution >= 4 is 22.4 Å². The van der Waals surface area contributed by atoms with E-state index in [1.807, 2.05) is 20.0 Å². The van der Waals surface area contributed by atoms with Crippen molar-refractivity contribution in [2.75, 3.05) is 5.32 Å². The van der Waals surface area contributed by atoms with Gasteiger partial charge in [0.25, 0.3) is 5.91 Å². The van der Waals surface area contributed by atoms with E-state index in [0.717, 1.165) is 17.7 Å². The van der Waals surface area contributed by atoms with Crippen LogP contribution in [-0.4, -0.2) is 15.5 Å². The van der Waals surface area contributed by atoms with Crippen LogP contribution < -0.4 is 5.32 Å². The Morgan fingerprint density at radius 2 is 1.96 bits per heavy atom. The maximum atomic E-state index is 12.7. The van der Waals surface area contributed by atoms with E-state index in [4.69, 9.17) is 0 Å². The number of carbonyl (C=O) groups is 1. The van der Waals surface area contributed by atoms with Crippen molar-refractivity contribution in [3.05, 3.63) is 70.5 Å².